The highest BCUT2D eigenvalue weighted by molar-refractivity contribution is 7.91. The first kappa shape index (κ1) is 21.8. The van der Waals surface area contributed by atoms with Gasteiger partial charge in [0.15, 0.2) is 0 Å². The van der Waals surface area contributed by atoms with Gasteiger partial charge >= 0.3 is 0 Å². The summed E-state index contributed by atoms with van der Waals surface area (Å²) < 4.78 is 29.6. The lowest BCUT2D eigenvalue weighted by Crippen LogP contribution is -2.39. The molecule has 31 heavy (non-hydrogen) atoms. The lowest BCUT2D eigenvalue weighted by atomic mass is 10.0. The van der Waals surface area contributed by atoms with Crippen LogP contribution in [0.5, 0.6) is 0 Å². The van der Waals surface area contributed by atoms with Gasteiger partial charge < -0.3 is 4.90 Å². The molecule has 0 fully saturated rings. The van der Waals surface area contributed by atoms with E-state index in [1.54, 1.807) is 10.4 Å². The first-order valence-electron chi connectivity index (χ1n) is 10.5. The second kappa shape index (κ2) is 9.39. The zero-order valence-corrected chi connectivity index (χ0v) is 19.6. The summed E-state index contributed by atoms with van der Waals surface area (Å²) >= 11 is 1.35. The zero-order chi connectivity index (χ0) is 21.8. The van der Waals surface area contributed by atoms with Crippen molar-refractivity contribution >= 4 is 27.0 Å². The highest BCUT2D eigenvalue weighted by Crippen LogP contribution is 2.35. The van der Waals surface area contributed by atoms with E-state index in [1.807, 2.05) is 67.5 Å². The molecule has 6 heteroatoms. The van der Waals surface area contributed by atoms with Gasteiger partial charge in [-0.2, -0.15) is 4.31 Å². The highest BCUT2D eigenvalue weighted by atomic mass is 32.2. The zero-order valence-electron chi connectivity index (χ0n) is 17.9. The van der Waals surface area contributed by atoms with Crippen LogP contribution in [-0.4, -0.2) is 32.9 Å². The molecule has 0 aliphatic heterocycles. The maximum atomic E-state index is 13.7. The summed E-state index contributed by atoms with van der Waals surface area (Å²) in [5.41, 5.74) is 3.16. The Labute approximate surface area is 189 Å². The van der Waals surface area contributed by atoms with Gasteiger partial charge in [-0.1, -0.05) is 54.6 Å². The molecule has 4 rings (SSSR count). The third kappa shape index (κ3) is 4.92. The van der Waals surface area contributed by atoms with Gasteiger partial charge in [-0.3, -0.25) is 0 Å². The minimum absolute atomic E-state index is 0.0138. The van der Waals surface area contributed by atoms with E-state index in [4.69, 9.17) is 0 Å². The number of hydrogen-bond donors (Lipinski definition) is 0. The molecule has 1 aliphatic carbocycles. The summed E-state index contributed by atoms with van der Waals surface area (Å²) in [4.78, 5) is 3.01. The van der Waals surface area contributed by atoms with Crippen LogP contribution in [0.1, 0.15) is 24.8 Å². The predicted octanol–water partition coefficient (Wildman–Crippen LogP) is 5.78. The number of nitrogens with zero attached hydrogens (tertiary/aromatic N) is 2. The molecule has 1 aliphatic rings. The molecule has 0 amide bonds. The van der Waals surface area contributed by atoms with E-state index in [0.29, 0.717) is 10.8 Å². The average Bonchev–Trinajstić information content (AvgIpc) is 3.30. The van der Waals surface area contributed by atoms with Crippen LogP contribution < -0.4 is 4.90 Å². The minimum atomic E-state index is -3.60. The quantitative estimate of drug-likeness (QED) is 0.427. The van der Waals surface area contributed by atoms with E-state index in [2.05, 4.69) is 24.3 Å². The SMILES string of the molecule is CN(C)c1ccc(-c2ccc(S(=O)(=O)N(Cc3ccccc3)[C@H]3CC=CCC3)s2)cc1. The van der Waals surface area contributed by atoms with Crippen LogP contribution in [0.15, 0.2) is 83.1 Å². The lowest BCUT2D eigenvalue weighted by Gasteiger charge is -2.31. The van der Waals surface area contributed by atoms with Crippen molar-refractivity contribution in [2.24, 2.45) is 0 Å². The normalized spacial score (nSPS) is 16.5. The van der Waals surface area contributed by atoms with Gasteiger partial charge in [0.1, 0.15) is 4.21 Å². The van der Waals surface area contributed by atoms with Crippen molar-refractivity contribution in [1.82, 2.24) is 4.31 Å². The Kier molecular flexibility index (Phi) is 6.60. The molecule has 0 radical (unpaired) electrons. The summed E-state index contributed by atoms with van der Waals surface area (Å²) in [6.07, 6.45) is 6.78. The Morgan fingerprint density at radius 2 is 1.68 bits per heavy atom. The number of rotatable bonds is 7. The summed E-state index contributed by atoms with van der Waals surface area (Å²) in [5.74, 6) is 0. The van der Waals surface area contributed by atoms with Crippen LogP contribution >= 0.6 is 11.3 Å². The van der Waals surface area contributed by atoms with Crippen LogP contribution in [0.3, 0.4) is 0 Å². The molecule has 2 aromatic carbocycles. The van der Waals surface area contributed by atoms with E-state index in [0.717, 1.165) is 41.0 Å². The molecule has 0 N–H and O–H groups in total. The fraction of sp³-hybridized carbons (Fsp3) is 0.280. The Morgan fingerprint density at radius 1 is 0.935 bits per heavy atom. The second-order valence-electron chi connectivity index (χ2n) is 8.03. The monoisotopic (exact) mass is 452 g/mol. The maximum absolute atomic E-state index is 13.7. The molecule has 0 bridgehead atoms. The van der Waals surface area contributed by atoms with Crippen molar-refractivity contribution in [3.63, 3.8) is 0 Å². The Bertz CT molecular complexity index is 1130. The fourth-order valence-corrected chi connectivity index (χ4v) is 6.96. The average molecular weight is 453 g/mol. The number of thiophene rings is 1. The number of benzene rings is 2. The highest BCUT2D eigenvalue weighted by Gasteiger charge is 2.32. The molecule has 0 unspecified atom stereocenters. The number of anilines is 1. The van der Waals surface area contributed by atoms with Gasteiger partial charge in [-0.15, -0.1) is 11.3 Å². The molecule has 1 heterocycles. The van der Waals surface area contributed by atoms with E-state index in [9.17, 15) is 8.42 Å². The molecule has 3 aromatic rings. The summed E-state index contributed by atoms with van der Waals surface area (Å²) in [7, 11) is 0.415. The van der Waals surface area contributed by atoms with Crippen LogP contribution in [0, 0.1) is 0 Å². The Morgan fingerprint density at radius 3 is 2.32 bits per heavy atom. The van der Waals surface area contributed by atoms with Crippen molar-refractivity contribution in [1.29, 1.82) is 0 Å². The minimum Gasteiger partial charge on any atom is -0.378 e. The molecule has 1 atom stereocenters. The van der Waals surface area contributed by atoms with Gasteiger partial charge in [-0.25, -0.2) is 8.42 Å². The summed E-state index contributed by atoms with van der Waals surface area (Å²) in [6.45, 7) is 0.395. The first-order valence-corrected chi connectivity index (χ1v) is 12.8. The summed E-state index contributed by atoms with van der Waals surface area (Å²) in [5, 5.41) is 0. The van der Waals surface area contributed by atoms with E-state index in [-0.39, 0.29) is 6.04 Å². The molecule has 0 saturated heterocycles. The van der Waals surface area contributed by atoms with Crippen LogP contribution in [-0.2, 0) is 16.6 Å². The molecule has 4 nitrogen and oxygen atoms in total. The molecule has 0 spiro atoms. The second-order valence-corrected chi connectivity index (χ2v) is 11.2. The first-order chi connectivity index (χ1) is 14.9. The van der Waals surface area contributed by atoms with Gasteiger partial charge in [0.2, 0.25) is 0 Å². The van der Waals surface area contributed by atoms with Gasteiger partial charge in [0.05, 0.1) is 0 Å². The van der Waals surface area contributed by atoms with Crippen molar-refractivity contribution in [3.8, 4) is 10.4 Å². The molecular weight excluding hydrogens is 424 g/mol. The van der Waals surface area contributed by atoms with Crippen molar-refractivity contribution < 1.29 is 8.42 Å². The number of allylic oxidation sites excluding steroid dienone is 1. The van der Waals surface area contributed by atoms with Crippen LogP contribution in [0.25, 0.3) is 10.4 Å². The smallest absolute Gasteiger partial charge is 0.253 e. The van der Waals surface area contributed by atoms with Crippen LogP contribution in [0.2, 0.25) is 0 Å². The van der Waals surface area contributed by atoms with Crippen LogP contribution in [0.4, 0.5) is 5.69 Å². The molecular formula is C25H28N2O2S2. The van der Waals surface area contributed by atoms with Crippen molar-refractivity contribution in [2.75, 3.05) is 19.0 Å². The van der Waals surface area contributed by atoms with Gasteiger partial charge in [0, 0.05) is 37.2 Å². The van der Waals surface area contributed by atoms with E-state index >= 15 is 0 Å². The standard InChI is InChI=1S/C25H28N2O2S2/c1-26(2)22-15-13-21(14-16-22)24-17-18-25(30-24)31(28,29)27(23-11-7-4-8-12-23)19-20-9-5-3-6-10-20/h3-7,9-10,13-18,23H,8,11-12,19H2,1-2H3/t23-/m0/s1. The molecule has 1 aromatic heterocycles. The fourth-order valence-electron chi connectivity index (χ4n) is 3.87. The number of sulfonamides is 1. The number of hydrogen-bond acceptors (Lipinski definition) is 4. The maximum Gasteiger partial charge on any atom is 0.253 e. The van der Waals surface area contributed by atoms with Crippen molar-refractivity contribution in [2.45, 2.75) is 36.1 Å². The van der Waals surface area contributed by atoms with Crippen molar-refractivity contribution in [3.05, 3.63) is 84.4 Å². The Hall–Kier alpha value is -2.41. The largest absolute Gasteiger partial charge is 0.378 e. The molecule has 0 saturated carbocycles. The van der Waals surface area contributed by atoms with Gasteiger partial charge in [-0.05, 0) is 54.7 Å². The third-order valence-electron chi connectivity index (χ3n) is 5.64. The van der Waals surface area contributed by atoms with E-state index in [1.165, 1.54) is 11.3 Å². The van der Waals surface area contributed by atoms with Gasteiger partial charge in [0.25, 0.3) is 10.0 Å². The Balaban J connectivity index is 1.64. The third-order valence-corrected chi connectivity index (χ3v) is 9.14. The molecule has 162 valence electrons. The van der Waals surface area contributed by atoms with E-state index < -0.39 is 10.0 Å². The lowest BCUT2D eigenvalue weighted by molar-refractivity contribution is 0.295. The predicted molar refractivity (Wildman–Crippen MR) is 130 cm³/mol. The topological polar surface area (TPSA) is 40.6 Å². The summed E-state index contributed by atoms with van der Waals surface area (Å²) in [6, 6.07) is 21.7.